The summed E-state index contributed by atoms with van der Waals surface area (Å²) in [5.74, 6) is -0.876. The maximum atomic E-state index is 14.1. The van der Waals surface area contributed by atoms with Crippen molar-refractivity contribution in [3.05, 3.63) is 34.3 Å². The lowest BCUT2D eigenvalue weighted by Crippen LogP contribution is -2.58. The van der Waals surface area contributed by atoms with Crippen LogP contribution in [0.5, 0.6) is 0 Å². The maximum absolute atomic E-state index is 14.1. The van der Waals surface area contributed by atoms with Crippen LogP contribution in [-0.2, 0) is 30.7 Å². The molecule has 2 aliphatic carbocycles. The molecule has 1 unspecified atom stereocenters. The molecule has 244 valence electrons. The summed E-state index contributed by atoms with van der Waals surface area (Å²) in [5, 5.41) is 3.80. The van der Waals surface area contributed by atoms with Gasteiger partial charge in [-0.3, -0.25) is 4.79 Å². The topological polar surface area (TPSA) is 73.9 Å². The molecule has 0 heterocycles. The summed E-state index contributed by atoms with van der Waals surface area (Å²) in [4.78, 5) is 26.9. The van der Waals surface area contributed by atoms with Crippen molar-refractivity contribution in [3.8, 4) is 0 Å². The van der Waals surface area contributed by atoms with E-state index in [1.54, 1.807) is 0 Å². The molecular formula is C34H55ClFNO5Si. The third kappa shape index (κ3) is 9.43. The normalized spacial score (nSPS) is 26.7. The first-order chi connectivity index (χ1) is 19.6. The maximum Gasteiger partial charge on any atom is 0.408 e. The molecule has 0 radical (unpaired) electrons. The molecule has 6 nitrogen and oxygen atoms in total. The molecule has 1 N–H and O–H groups in total. The monoisotopic (exact) mass is 639 g/mol. The molecule has 1 amide bonds. The van der Waals surface area contributed by atoms with E-state index in [2.05, 4.69) is 60.7 Å². The Morgan fingerprint density at radius 1 is 1.09 bits per heavy atom. The van der Waals surface area contributed by atoms with Gasteiger partial charge in [-0.25, -0.2) is 9.18 Å². The first-order valence-corrected chi connectivity index (χ1v) is 17.4. The number of alkyl halides is 1. The summed E-state index contributed by atoms with van der Waals surface area (Å²) in [6, 6.07) is 5.79. The van der Waals surface area contributed by atoms with E-state index in [1.165, 1.54) is 14.0 Å². The van der Waals surface area contributed by atoms with Crippen molar-refractivity contribution < 1.29 is 27.9 Å². The van der Waals surface area contributed by atoms with Crippen LogP contribution >= 0.6 is 11.6 Å². The Morgan fingerprint density at radius 2 is 1.70 bits per heavy atom. The fraction of sp³-hybridized carbons (Fsp3) is 0.765. The number of carbonyl (C=O) groups excluding carboxylic acids is 2. The molecule has 2 aliphatic rings. The minimum Gasteiger partial charge on any atom is -0.469 e. The number of halogens is 2. The third-order valence-corrected chi connectivity index (χ3v) is 11.4. The van der Waals surface area contributed by atoms with E-state index < -0.39 is 45.1 Å². The quantitative estimate of drug-likeness (QED) is 0.196. The Bertz CT molecular complexity index is 1150. The van der Waals surface area contributed by atoms with Crippen LogP contribution in [0.1, 0.15) is 112 Å². The molecule has 43 heavy (non-hydrogen) atoms. The zero-order valence-corrected chi connectivity index (χ0v) is 30.5. The second-order valence-corrected chi connectivity index (χ2v) is 19.5. The number of amides is 1. The van der Waals surface area contributed by atoms with E-state index in [0.717, 1.165) is 31.2 Å². The van der Waals surface area contributed by atoms with Crippen LogP contribution in [0.25, 0.3) is 0 Å². The SMILES string of the molecule is COC(=O)[C@H](C1CC(C(C)(C)O[SiH2]C(C)(C)C)C1)C(C)(NC(=O)OC1CC(C)(F)C1)c1ccc(CCC(C)(C)C)c(Cl)c1. The first kappa shape index (κ1) is 35.8. The number of alkyl carbamates (subject to hydrolysis) is 1. The van der Waals surface area contributed by atoms with Crippen LogP contribution in [-0.4, -0.2) is 46.3 Å². The van der Waals surface area contributed by atoms with Gasteiger partial charge in [0.05, 0.1) is 24.2 Å². The number of methoxy groups -OCH3 is 1. The summed E-state index contributed by atoms with van der Waals surface area (Å²) in [7, 11) is 0.622. The molecule has 0 aromatic heterocycles. The smallest absolute Gasteiger partial charge is 0.408 e. The molecule has 1 aromatic carbocycles. The largest absolute Gasteiger partial charge is 0.469 e. The summed E-state index contributed by atoms with van der Waals surface area (Å²) in [6.45, 7) is 20.8. The van der Waals surface area contributed by atoms with Gasteiger partial charge in [0.1, 0.15) is 11.8 Å². The van der Waals surface area contributed by atoms with Crippen LogP contribution in [0.4, 0.5) is 9.18 Å². The van der Waals surface area contributed by atoms with Gasteiger partial charge in [0.25, 0.3) is 0 Å². The molecule has 0 saturated heterocycles. The van der Waals surface area contributed by atoms with Gasteiger partial charge in [-0.1, -0.05) is 65.3 Å². The van der Waals surface area contributed by atoms with Gasteiger partial charge in [0, 0.05) is 17.9 Å². The number of hydrogen-bond acceptors (Lipinski definition) is 5. The molecule has 3 rings (SSSR count). The van der Waals surface area contributed by atoms with E-state index in [-0.39, 0.29) is 40.7 Å². The summed E-state index contributed by atoms with van der Waals surface area (Å²) < 4.78 is 31.6. The predicted octanol–water partition coefficient (Wildman–Crippen LogP) is 8.06. The average molecular weight is 640 g/mol. The van der Waals surface area contributed by atoms with Crippen molar-refractivity contribution in [3.63, 3.8) is 0 Å². The lowest BCUT2D eigenvalue weighted by molar-refractivity contribution is -0.156. The Hall–Kier alpha value is -1.64. The summed E-state index contributed by atoms with van der Waals surface area (Å²) in [6.07, 6.45) is 2.43. The predicted molar refractivity (Wildman–Crippen MR) is 174 cm³/mol. The van der Waals surface area contributed by atoms with Gasteiger partial charge in [-0.2, -0.15) is 0 Å². The van der Waals surface area contributed by atoms with E-state index in [4.69, 9.17) is 25.5 Å². The Kier molecular flexibility index (Phi) is 10.8. The Balaban J connectivity index is 1.91. The molecule has 1 aromatic rings. The van der Waals surface area contributed by atoms with Crippen molar-refractivity contribution in [2.75, 3.05) is 7.11 Å². The van der Waals surface area contributed by atoms with Crippen LogP contribution in [0.3, 0.4) is 0 Å². The molecule has 0 spiro atoms. The lowest BCUT2D eigenvalue weighted by Gasteiger charge is -2.51. The zero-order chi connectivity index (χ0) is 32.6. The molecular weight excluding hydrogens is 585 g/mol. The standard InChI is InChI=1S/C34H55ClFNO5Si/c1-30(2,3)15-14-21-12-13-23(18-26(21)35)34(10,37-29(39)41-25-19-33(9,36)20-25)27(28(38)40-11)22-16-24(17-22)32(7,8)42-43-31(4,5)6/h12-13,18,22,24-25,27H,14-17,19-20,43H2,1-11H3,(H,37,39)/t22?,24?,25?,27-,33?,34?/m0/s1. The Labute approximate surface area is 266 Å². The van der Waals surface area contributed by atoms with Crippen molar-refractivity contribution in [2.45, 2.75) is 136 Å². The van der Waals surface area contributed by atoms with Gasteiger partial charge in [-0.15, -0.1) is 0 Å². The van der Waals surface area contributed by atoms with Gasteiger partial charge in [-0.05, 0) is 92.9 Å². The van der Waals surface area contributed by atoms with Gasteiger partial charge < -0.3 is 19.2 Å². The van der Waals surface area contributed by atoms with Gasteiger partial charge >= 0.3 is 12.1 Å². The van der Waals surface area contributed by atoms with Gasteiger partial charge in [0.15, 0.2) is 9.76 Å². The van der Waals surface area contributed by atoms with Crippen molar-refractivity contribution in [2.24, 2.45) is 23.2 Å². The fourth-order valence-electron chi connectivity index (χ4n) is 6.33. The van der Waals surface area contributed by atoms with Gasteiger partial charge in [0.2, 0.25) is 0 Å². The highest BCUT2D eigenvalue weighted by Gasteiger charge is 2.54. The lowest BCUT2D eigenvalue weighted by atomic mass is 9.58. The number of nitrogens with one attached hydrogen (secondary N) is 1. The van der Waals surface area contributed by atoms with E-state index >= 15 is 0 Å². The van der Waals surface area contributed by atoms with Crippen molar-refractivity contribution >= 4 is 33.4 Å². The van der Waals surface area contributed by atoms with Crippen LogP contribution < -0.4 is 5.32 Å². The first-order valence-electron chi connectivity index (χ1n) is 15.7. The second-order valence-electron chi connectivity index (χ2n) is 16.4. The summed E-state index contributed by atoms with van der Waals surface area (Å²) in [5.41, 5.74) is -0.941. The molecule has 2 fully saturated rings. The minimum atomic E-state index is -1.33. The highest BCUT2D eigenvalue weighted by atomic mass is 35.5. The number of ether oxygens (including phenoxy) is 2. The zero-order valence-electron chi connectivity index (χ0n) is 28.3. The number of hydrogen-bond donors (Lipinski definition) is 1. The van der Waals surface area contributed by atoms with Crippen LogP contribution in [0, 0.1) is 23.2 Å². The minimum absolute atomic E-state index is 0.0564. The highest BCUT2D eigenvalue weighted by Crippen LogP contribution is 2.51. The average Bonchev–Trinajstić information content (AvgIpc) is 2.81. The van der Waals surface area contributed by atoms with E-state index in [1.807, 2.05) is 25.1 Å². The molecule has 2 saturated carbocycles. The van der Waals surface area contributed by atoms with Crippen molar-refractivity contribution in [1.29, 1.82) is 0 Å². The van der Waals surface area contributed by atoms with Crippen molar-refractivity contribution in [1.82, 2.24) is 5.32 Å². The molecule has 9 heteroatoms. The number of carbonyl (C=O) groups is 2. The van der Waals surface area contributed by atoms with Crippen LogP contribution in [0.15, 0.2) is 18.2 Å². The second kappa shape index (κ2) is 13.0. The fourth-order valence-corrected chi connectivity index (χ4v) is 7.64. The number of esters is 1. The number of benzene rings is 1. The number of aryl methyl sites for hydroxylation is 1. The number of rotatable bonds is 11. The summed E-state index contributed by atoms with van der Waals surface area (Å²) >= 11 is 6.83. The van der Waals surface area contributed by atoms with Crippen LogP contribution in [0.2, 0.25) is 10.1 Å². The molecule has 2 atom stereocenters. The van der Waals surface area contributed by atoms with E-state index in [9.17, 15) is 14.0 Å². The third-order valence-electron chi connectivity index (χ3n) is 9.32. The molecule has 0 bridgehead atoms. The Morgan fingerprint density at radius 3 is 2.19 bits per heavy atom. The highest BCUT2D eigenvalue weighted by molar-refractivity contribution is 6.32. The van der Waals surface area contributed by atoms with E-state index in [0.29, 0.717) is 10.6 Å². The molecule has 0 aliphatic heterocycles.